The lowest BCUT2D eigenvalue weighted by Gasteiger charge is -2.34. The molecule has 4 atom stereocenters. The number of fused-ring (bicyclic) bond motifs is 5. The summed E-state index contributed by atoms with van der Waals surface area (Å²) in [5, 5.41) is 12.6. The summed E-state index contributed by atoms with van der Waals surface area (Å²) in [5.74, 6) is 1.37. The Labute approximate surface area is 243 Å². The Morgan fingerprint density at radius 2 is 1.86 bits per heavy atom. The second kappa shape index (κ2) is 10.0. The van der Waals surface area contributed by atoms with Crippen LogP contribution >= 0.6 is 0 Å². The van der Waals surface area contributed by atoms with Gasteiger partial charge >= 0.3 is 6.01 Å². The fourth-order valence-corrected chi connectivity index (χ4v) is 8.36. The van der Waals surface area contributed by atoms with Gasteiger partial charge in [0.15, 0.2) is 5.82 Å². The van der Waals surface area contributed by atoms with Crippen molar-refractivity contribution >= 4 is 27.5 Å². The zero-order valence-corrected chi connectivity index (χ0v) is 23.6. The highest BCUT2D eigenvalue weighted by Crippen LogP contribution is 2.44. The van der Waals surface area contributed by atoms with E-state index in [4.69, 9.17) is 9.72 Å². The molecule has 7 nitrogen and oxygen atoms in total. The molecule has 2 bridgehead atoms. The maximum atomic E-state index is 16.6. The third-order valence-electron chi connectivity index (χ3n) is 10.3. The van der Waals surface area contributed by atoms with Crippen molar-refractivity contribution in [2.24, 2.45) is 11.8 Å². The Hall–Kier alpha value is -3.59. The molecule has 218 valence electrons. The van der Waals surface area contributed by atoms with Crippen molar-refractivity contribution in [3.63, 3.8) is 0 Å². The molecule has 1 aliphatic carbocycles. The average molecular weight is 572 g/mol. The van der Waals surface area contributed by atoms with Gasteiger partial charge in [-0.15, -0.1) is 0 Å². The Balaban J connectivity index is 1.23. The van der Waals surface area contributed by atoms with E-state index in [-0.39, 0.29) is 41.2 Å². The lowest BCUT2D eigenvalue weighted by Crippen LogP contribution is -2.47. The minimum Gasteiger partial charge on any atom is -0.508 e. The van der Waals surface area contributed by atoms with Crippen molar-refractivity contribution in [3.05, 3.63) is 48.4 Å². The number of ether oxygens (including phenoxy) is 1. The first-order valence-electron chi connectivity index (χ1n) is 15.3. The highest BCUT2D eigenvalue weighted by atomic mass is 19.1. The van der Waals surface area contributed by atoms with Gasteiger partial charge in [0.1, 0.15) is 36.1 Å². The number of rotatable bonds is 6. The number of pyridine rings is 1. The fourth-order valence-electron chi connectivity index (χ4n) is 8.36. The first kappa shape index (κ1) is 26.1. The monoisotopic (exact) mass is 571 g/mol. The largest absolute Gasteiger partial charge is 0.508 e. The molecule has 1 N–H and O–H groups in total. The van der Waals surface area contributed by atoms with E-state index < -0.39 is 5.82 Å². The van der Waals surface area contributed by atoms with Crippen LogP contribution in [0.3, 0.4) is 0 Å². The summed E-state index contributed by atoms with van der Waals surface area (Å²) in [5.41, 5.74) is 0.583. The van der Waals surface area contributed by atoms with Crippen LogP contribution in [0.15, 0.2) is 42.6 Å². The third kappa shape index (κ3) is 4.19. The van der Waals surface area contributed by atoms with Crippen LogP contribution in [-0.4, -0.2) is 69.5 Å². The Morgan fingerprint density at radius 1 is 1.02 bits per heavy atom. The molecule has 4 unspecified atom stereocenters. The van der Waals surface area contributed by atoms with Gasteiger partial charge in [-0.1, -0.05) is 24.3 Å². The predicted molar refractivity (Wildman–Crippen MR) is 158 cm³/mol. The first-order valence-corrected chi connectivity index (χ1v) is 15.3. The lowest BCUT2D eigenvalue weighted by molar-refractivity contribution is 0.0772. The number of halogens is 2. The Bertz CT molecular complexity index is 1670. The molecule has 4 aliphatic rings. The normalized spacial score (nSPS) is 27.3. The number of benzene rings is 2. The number of anilines is 1. The van der Waals surface area contributed by atoms with Crippen molar-refractivity contribution < 1.29 is 18.6 Å². The minimum absolute atomic E-state index is 0.0460. The second-order valence-electron chi connectivity index (χ2n) is 12.8. The smallest absolute Gasteiger partial charge is 0.319 e. The van der Waals surface area contributed by atoms with Crippen LogP contribution in [0.1, 0.15) is 44.9 Å². The number of hydrogen-bond donors (Lipinski definition) is 1. The maximum absolute atomic E-state index is 16.6. The molecule has 0 spiro atoms. The molecular formula is C33H35F2N5O2. The molecular weight excluding hydrogens is 536 g/mol. The second-order valence-corrected chi connectivity index (χ2v) is 12.8. The lowest BCUT2D eigenvalue weighted by atomic mass is 9.95. The van der Waals surface area contributed by atoms with Crippen molar-refractivity contribution in [1.82, 2.24) is 19.9 Å². The summed E-state index contributed by atoms with van der Waals surface area (Å²) >= 11 is 0. The number of aromatic hydroxyl groups is 1. The van der Waals surface area contributed by atoms with E-state index in [1.807, 2.05) is 24.3 Å². The van der Waals surface area contributed by atoms with Crippen LogP contribution in [0.2, 0.25) is 0 Å². The number of phenolic OH excluding ortho intramolecular Hbond substituents is 1. The van der Waals surface area contributed by atoms with E-state index >= 15 is 4.39 Å². The summed E-state index contributed by atoms with van der Waals surface area (Å²) in [4.78, 5) is 18.7. The highest BCUT2D eigenvalue weighted by Gasteiger charge is 2.50. The molecule has 1 saturated carbocycles. The Kier molecular flexibility index (Phi) is 6.21. The number of hydrogen-bond acceptors (Lipinski definition) is 7. The molecule has 0 radical (unpaired) electrons. The van der Waals surface area contributed by atoms with Crippen LogP contribution in [0, 0.1) is 17.7 Å². The molecule has 3 saturated heterocycles. The van der Waals surface area contributed by atoms with Gasteiger partial charge in [-0.25, -0.2) is 8.78 Å². The van der Waals surface area contributed by atoms with E-state index in [0.717, 1.165) is 56.1 Å². The van der Waals surface area contributed by atoms with Gasteiger partial charge in [0.2, 0.25) is 0 Å². The van der Waals surface area contributed by atoms with Crippen molar-refractivity contribution in [2.45, 2.75) is 56.5 Å². The molecule has 2 aromatic carbocycles. The van der Waals surface area contributed by atoms with Crippen molar-refractivity contribution in [2.75, 3.05) is 37.8 Å². The zero-order chi connectivity index (χ0) is 28.4. The molecule has 3 aliphatic heterocycles. The molecule has 9 heteroatoms. The number of aromatic nitrogens is 3. The summed E-state index contributed by atoms with van der Waals surface area (Å²) in [7, 11) is 0. The third-order valence-corrected chi connectivity index (χ3v) is 10.3. The Morgan fingerprint density at radius 3 is 2.69 bits per heavy atom. The van der Waals surface area contributed by atoms with Gasteiger partial charge in [0.05, 0.1) is 10.9 Å². The van der Waals surface area contributed by atoms with Crippen LogP contribution in [-0.2, 0) is 0 Å². The molecule has 0 amide bonds. The number of phenols is 1. The number of piperidine rings is 1. The molecule has 8 rings (SSSR count). The summed E-state index contributed by atoms with van der Waals surface area (Å²) in [6.45, 7) is 2.63. The first-order chi connectivity index (χ1) is 20.5. The van der Waals surface area contributed by atoms with E-state index in [1.165, 1.54) is 19.3 Å². The van der Waals surface area contributed by atoms with Gasteiger partial charge in [0, 0.05) is 30.9 Å². The summed E-state index contributed by atoms with van der Waals surface area (Å²) in [6.07, 6.45) is 8.99. The topological polar surface area (TPSA) is 74.6 Å². The molecule has 5 heterocycles. The van der Waals surface area contributed by atoms with Gasteiger partial charge in [0.25, 0.3) is 0 Å². The summed E-state index contributed by atoms with van der Waals surface area (Å²) in [6, 6.07) is 10.9. The predicted octanol–water partition coefficient (Wildman–Crippen LogP) is 6.27. The maximum Gasteiger partial charge on any atom is 0.319 e. The molecule has 4 fully saturated rings. The van der Waals surface area contributed by atoms with Crippen molar-refractivity contribution in [3.8, 4) is 23.0 Å². The van der Waals surface area contributed by atoms with E-state index in [0.29, 0.717) is 35.2 Å². The highest BCUT2D eigenvalue weighted by molar-refractivity contribution is 5.99. The minimum atomic E-state index is -0.559. The zero-order valence-electron chi connectivity index (χ0n) is 23.6. The number of nitrogens with zero attached hydrogens (tertiary/aromatic N) is 5. The number of alkyl halides is 1. The van der Waals surface area contributed by atoms with Crippen LogP contribution in [0.4, 0.5) is 14.6 Å². The van der Waals surface area contributed by atoms with Gasteiger partial charge in [-0.05, 0) is 86.2 Å². The van der Waals surface area contributed by atoms with Gasteiger partial charge in [-0.3, -0.25) is 9.88 Å². The average Bonchev–Trinajstić information content (AvgIpc) is 3.68. The molecule has 4 aromatic rings. The van der Waals surface area contributed by atoms with Crippen LogP contribution in [0.25, 0.3) is 32.9 Å². The summed E-state index contributed by atoms with van der Waals surface area (Å²) < 4.78 is 36.7. The standard InChI is InChI=1S/C33H35F2N5O2/c34-15-23-8-10-33(9-3-11-40(23)33)19-42-32-37-30-27(31(38-32)39-17-20-6-7-21(12-20)18-39)16-36-29(28(30)35)26-14-24(41)13-22-4-1-2-5-25(22)26/h1-2,4-5,13-14,16,20-21,23,41H,3,6-12,15,17-19H2. The van der Waals surface area contributed by atoms with E-state index in [1.54, 1.807) is 18.3 Å². The molecule has 42 heavy (non-hydrogen) atoms. The van der Waals surface area contributed by atoms with E-state index in [9.17, 15) is 9.50 Å². The van der Waals surface area contributed by atoms with E-state index in [2.05, 4.69) is 19.8 Å². The van der Waals surface area contributed by atoms with Gasteiger partial charge < -0.3 is 14.7 Å². The quantitative estimate of drug-likeness (QED) is 0.292. The SMILES string of the molecule is Oc1cc(-c2ncc3c(N4CC5CCC(C5)C4)nc(OCC45CCCN4C(CF)CC5)nc3c2F)c2ccccc2c1. The molecule has 2 aromatic heterocycles. The van der Waals surface area contributed by atoms with Crippen LogP contribution in [0.5, 0.6) is 11.8 Å². The van der Waals surface area contributed by atoms with Gasteiger partial charge in [-0.2, -0.15) is 9.97 Å². The van der Waals surface area contributed by atoms with Crippen molar-refractivity contribution in [1.29, 1.82) is 0 Å². The van der Waals surface area contributed by atoms with Crippen LogP contribution < -0.4 is 9.64 Å². The fraction of sp³-hybridized carbons (Fsp3) is 0.485.